The summed E-state index contributed by atoms with van der Waals surface area (Å²) >= 11 is 0. The molecule has 26 heavy (non-hydrogen) atoms. The highest BCUT2D eigenvalue weighted by Crippen LogP contribution is 2.29. The summed E-state index contributed by atoms with van der Waals surface area (Å²) in [5, 5.41) is 13.8. The lowest BCUT2D eigenvalue weighted by Gasteiger charge is -2.45. The molecule has 2 fully saturated rings. The number of aliphatic hydroxyl groups is 1. The second-order valence-corrected chi connectivity index (χ2v) is 7.92. The van der Waals surface area contributed by atoms with E-state index in [1.165, 1.54) is 11.3 Å². The van der Waals surface area contributed by atoms with Crippen LogP contribution < -0.4 is 10.2 Å². The molecule has 3 rings (SSSR count). The summed E-state index contributed by atoms with van der Waals surface area (Å²) in [6.45, 7) is 7.95. The van der Waals surface area contributed by atoms with Crippen LogP contribution in [-0.4, -0.2) is 73.5 Å². The number of β-amino-alcohol motifs (C(OH)–C–C–N with tert-alkyl or cyclic N) is 1. The highest BCUT2D eigenvalue weighted by atomic mass is 16.5. The first kappa shape index (κ1) is 19.1. The molecule has 0 aliphatic carbocycles. The van der Waals surface area contributed by atoms with Crippen molar-refractivity contribution in [3.8, 4) is 0 Å². The number of carbonyl (C=O) groups excluding carboxylic acids is 1. The quantitative estimate of drug-likeness (QED) is 0.843. The third-order valence-corrected chi connectivity index (χ3v) is 5.67. The van der Waals surface area contributed by atoms with E-state index in [-0.39, 0.29) is 5.91 Å². The lowest BCUT2D eigenvalue weighted by Crippen LogP contribution is -2.61. The number of hydrogen-bond donors (Lipinski definition) is 2. The Bertz CT molecular complexity index is 626. The van der Waals surface area contributed by atoms with Gasteiger partial charge in [-0.2, -0.15) is 0 Å². The van der Waals surface area contributed by atoms with E-state index in [2.05, 4.69) is 46.3 Å². The average molecular weight is 361 g/mol. The molecule has 1 amide bonds. The van der Waals surface area contributed by atoms with Crippen LogP contribution in [0, 0.1) is 6.92 Å². The van der Waals surface area contributed by atoms with Gasteiger partial charge in [-0.05, 0) is 38.8 Å². The van der Waals surface area contributed by atoms with Gasteiger partial charge >= 0.3 is 0 Å². The zero-order valence-corrected chi connectivity index (χ0v) is 16.1. The Morgan fingerprint density at radius 1 is 1.23 bits per heavy atom. The zero-order valence-electron chi connectivity index (χ0n) is 16.1. The molecule has 1 aromatic rings. The third kappa shape index (κ3) is 4.19. The maximum Gasteiger partial charge on any atom is 0.253 e. The van der Waals surface area contributed by atoms with Gasteiger partial charge in [0, 0.05) is 45.5 Å². The standard InChI is InChI=1S/C20H31N3O3/c1-16-4-6-17(7-5-16)23-10-8-20(25,9-11-23)15-22-12-13-26-19(2,14-22)18(24)21-3/h4-7,25H,8-15H2,1-3H3,(H,21,24)/t19-/m0/s1. The minimum Gasteiger partial charge on any atom is -0.388 e. The van der Waals surface area contributed by atoms with Crippen LogP contribution in [0.5, 0.6) is 0 Å². The second kappa shape index (κ2) is 7.55. The van der Waals surface area contributed by atoms with Gasteiger partial charge in [0.05, 0.1) is 12.2 Å². The van der Waals surface area contributed by atoms with Gasteiger partial charge in [0.25, 0.3) is 5.91 Å². The minimum atomic E-state index is -0.841. The first-order valence-electron chi connectivity index (χ1n) is 9.46. The summed E-state index contributed by atoms with van der Waals surface area (Å²) in [7, 11) is 1.63. The van der Waals surface area contributed by atoms with Crippen molar-refractivity contribution in [1.82, 2.24) is 10.2 Å². The summed E-state index contributed by atoms with van der Waals surface area (Å²) in [4.78, 5) is 16.6. The summed E-state index contributed by atoms with van der Waals surface area (Å²) in [6, 6.07) is 8.56. The van der Waals surface area contributed by atoms with Crippen LogP contribution in [0.15, 0.2) is 24.3 Å². The number of morpholine rings is 1. The number of ether oxygens (including phenoxy) is 1. The van der Waals surface area contributed by atoms with E-state index in [0.717, 1.165) is 32.5 Å². The Balaban J connectivity index is 1.57. The van der Waals surface area contributed by atoms with Gasteiger partial charge in [0.15, 0.2) is 5.60 Å². The number of nitrogens with one attached hydrogen (secondary N) is 1. The average Bonchev–Trinajstić information content (AvgIpc) is 2.62. The Hall–Kier alpha value is -1.63. The van der Waals surface area contributed by atoms with Crippen LogP contribution >= 0.6 is 0 Å². The number of nitrogens with zero attached hydrogens (tertiary/aromatic N) is 2. The number of hydrogen-bond acceptors (Lipinski definition) is 5. The maximum atomic E-state index is 12.1. The normalized spacial score (nSPS) is 26.5. The molecule has 0 radical (unpaired) electrons. The second-order valence-electron chi connectivity index (χ2n) is 7.92. The van der Waals surface area contributed by atoms with Crippen molar-refractivity contribution in [1.29, 1.82) is 0 Å². The molecule has 0 unspecified atom stereocenters. The number of anilines is 1. The SMILES string of the molecule is CNC(=O)[C@]1(C)CN(CC2(O)CCN(c3ccc(C)cc3)CC2)CCO1. The lowest BCUT2D eigenvalue weighted by molar-refractivity contribution is -0.159. The van der Waals surface area contributed by atoms with E-state index in [0.29, 0.717) is 19.7 Å². The Morgan fingerprint density at radius 2 is 1.88 bits per heavy atom. The number of aryl methyl sites for hydroxylation is 1. The fourth-order valence-corrected chi connectivity index (χ4v) is 4.00. The highest BCUT2D eigenvalue weighted by molar-refractivity contribution is 5.84. The molecule has 0 saturated carbocycles. The van der Waals surface area contributed by atoms with Crippen LogP contribution in [0.25, 0.3) is 0 Å². The number of carbonyl (C=O) groups is 1. The Labute approximate surface area is 156 Å². The Morgan fingerprint density at radius 3 is 2.50 bits per heavy atom. The van der Waals surface area contributed by atoms with Crippen LogP contribution in [0.4, 0.5) is 5.69 Å². The highest BCUT2D eigenvalue weighted by Gasteiger charge is 2.42. The molecule has 0 aromatic heterocycles. The monoisotopic (exact) mass is 361 g/mol. The summed E-state index contributed by atoms with van der Waals surface area (Å²) in [5.41, 5.74) is 0.929. The summed E-state index contributed by atoms with van der Waals surface area (Å²) in [5.74, 6) is -0.108. The Kier molecular flexibility index (Phi) is 5.55. The molecule has 0 bridgehead atoms. The van der Waals surface area contributed by atoms with Crippen molar-refractivity contribution in [3.05, 3.63) is 29.8 Å². The minimum absolute atomic E-state index is 0.108. The smallest absolute Gasteiger partial charge is 0.253 e. The number of benzene rings is 1. The maximum absolute atomic E-state index is 12.1. The molecule has 2 heterocycles. The van der Waals surface area contributed by atoms with Gasteiger partial charge in [-0.1, -0.05) is 17.7 Å². The van der Waals surface area contributed by atoms with E-state index in [4.69, 9.17) is 4.74 Å². The fraction of sp³-hybridized carbons (Fsp3) is 0.650. The van der Waals surface area contributed by atoms with Crippen molar-refractivity contribution in [2.24, 2.45) is 0 Å². The zero-order chi connectivity index (χ0) is 18.8. The predicted octanol–water partition coefficient (Wildman–Crippen LogP) is 1.16. The van der Waals surface area contributed by atoms with Crippen molar-refractivity contribution in [3.63, 3.8) is 0 Å². The number of likely N-dealkylation sites (N-methyl/N-ethyl adjacent to an activating group) is 1. The first-order chi connectivity index (χ1) is 12.3. The van der Waals surface area contributed by atoms with E-state index in [1.807, 2.05) is 6.92 Å². The van der Waals surface area contributed by atoms with E-state index >= 15 is 0 Å². The van der Waals surface area contributed by atoms with Gasteiger partial charge in [-0.15, -0.1) is 0 Å². The largest absolute Gasteiger partial charge is 0.388 e. The van der Waals surface area contributed by atoms with Gasteiger partial charge in [-0.25, -0.2) is 0 Å². The van der Waals surface area contributed by atoms with Crippen molar-refractivity contribution >= 4 is 11.6 Å². The molecule has 2 aliphatic rings. The van der Waals surface area contributed by atoms with Crippen LogP contribution in [0.3, 0.4) is 0 Å². The molecular weight excluding hydrogens is 330 g/mol. The topological polar surface area (TPSA) is 65.0 Å². The van der Waals surface area contributed by atoms with E-state index in [9.17, 15) is 9.90 Å². The van der Waals surface area contributed by atoms with Gasteiger partial charge in [-0.3, -0.25) is 9.69 Å². The molecule has 1 aromatic carbocycles. The molecule has 2 N–H and O–H groups in total. The summed E-state index contributed by atoms with van der Waals surface area (Å²) < 4.78 is 5.71. The van der Waals surface area contributed by atoms with Crippen molar-refractivity contribution < 1.29 is 14.6 Å². The van der Waals surface area contributed by atoms with Gasteiger partial charge < -0.3 is 20.1 Å². The van der Waals surface area contributed by atoms with Crippen molar-refractivity contribution in [2.75, 3.05) is 51.3 Å². The molecule has 1 atom stereocenters. The third-order valence-electron chi connectivity index (χ3n) is 5.67. The molecule has 0 spiro atoms. The number of amides is 1. The molecular formula is C20H31N3O3. The van der Waals surface area contributed by atoms with Crippen LogP contribution in [0.2, 0.25) is 0 Å². The number of rotatable bonds is 4. The van der Waals surface area contributed by atoms with Gasteiger partial charge in [0.2, 0.25) is 0 Å². The molecule has 6 nitrogen and oxygen atoms in total. The fourth-order valence-electron chi connectivity index (χ4n) is 4.00. The summed E-state index contributed by atoms with van der Waals surface area (Å²) in [6.07, 6.45) is 1.46. The number of piperidine rings is 1. The first-order valence-corrected chi connectivity index (χ1v) is 9.46. The molecule has 6 heteroatoms. The lowest BCUT2D eigenvalue weighted by atomic mass is 9.89. The van der Waals surface area contributed by atoms with Gasteiger partial charge in [0.1, 0.15) is 0 Å². The van der Waals surface area contributed by atoms with Crippen LogP contribution in [0.1, 0.15) is 25.3 Å². The predicted molar refractivity (Wildman–Crippen MR) is 102 cm³/mol. The molecule has 144 valence electrons. The molecule has 2 aliphatic heterocycles. The van der Waals surface area contributed by atoms with Crippen LogP contribution in [-0.2, 0) is 9.53 Å². The van der Waals surface area contributed by atoms with Crippen molar-refractivity contribution in [2.45, 2.75) is 37.9 Å². The van der Waals surface area contributed by atoms with E-state index in [1.54, 1.807) is 7.05 Å². The molecule has 2 saturated heterocycles. The van der Waals surface area contributed by atoms with E-state index < -0.39 is 11.2 Å².